The number of carbonyl (C=O) groups is 2. The second-order valence-corrected chi connectivity index (χ2v) is 7.90. The zero-order valence-corrected chi connectivity index (χ0v) is 16.6. The highest BCUT2D eigenvalue weighted by Crippen LogP contribution is 2.48. The van der Waals surface area contributed by atoms with Crippen LogP contribution >= 0.6 is 0 Å². The molecule has 2 aromatic carbocycles. The second-order valence-electron chi connectivity index (χ2n) is 7.90. The number of anilines is 1. The molecule has 2 atom stereocenters. The summed E-state index contributed by atoms with van der Waals surface area (Å²) in [5, 5.41) is 5.14. The van der Waals surface area contributed by atoms with Gasteiger partial charge in [0.05, 0.1) is 13.2 Å². The van der Waals surface area contributed by atoms with Crippen molar-refractivity contribution in [3.63, 3.8) is 0 Å². The van der Waals surface area contributed by atoms with E-state index in [4.69, 9.17) is 4.74 Å². The summed E-state index contributed by atoms with van der Waals surface area (Å²) in [5.41, 5.74) is 2.60. The fourth-order valence-corrected chi connectivity index (χ4v) is 4.07. The molecule has 0 bridgehead atoms. The van der Waals surface area contributed by atoms with Crippen LogP contribution in [0.4, 0.5) is 5.69 Å². The monoisotopic (exact) mass is 401 g/mol. The minimum Gasteiger partial charge on any atom is -0.378 e. The highest BCUT2D eigenvalue weighted by molar-refractivity contribution is 5.97. The van der Waals surface area contributed by atoms with Crippen LogP contribution in [0.15, 0.2) is 60.9 Å². The summed E-state index contributed by atoms with van der Waals surface area (Å²) in [6, 6.07) is 15.5. The summed E-state index contributed by atoms with van der Waals surface area (Å²) < 4.78 is 5.31. The summed E-state index contributed by atoms with van der Waals surface area (Å²) in [6.45, 7) is 2.46. The lowest BCUT2D eigenvalue weighted by Gasteiger charge is -2.26. The van der Waals surface area contributed by atoms with Crippen molar-refractivity contribution in [2.45, 2.75) is 12.3 Å². The fraction of sp³-hybridized carbons (Fsp3) is 0.292. The van der Waals surface area contributed by atoms with Crippen molar-refractivity contribution in [1.82, 2.24) is 9.88 Å². The van der Waals surface area contributed by atoms with Crippen LogP contribution in [0.2, 0.25) is 0 Å². The van der Waals surface area contributed by atoms with Crippen LogP contribution in [0, 0.1) is 5.92 Å². The van der Waals surface area contributed by atoms with E-state index in [0.717, 1.165) is 28.4 Å². The van der Waals surface area contributed by atoms with E-state index in [1.807, 2.05) is 59.6 Å². The van der Waals surface area contributed by atoms with Crippen LogP contribution in [0.5, 0.6) is 0 Å². The summed E-state index contributed by atoms with van der Waals surface area (Å²) in [4.78, 5) is 31.2. The number of hydrogen-bond acceptors (Lipinski definition) is 4. The zero-order valence-electron chi connectivity index (χ0n) is 16.6. The highest BCUT2D eigenvalue weighted by Gasteiger charge is 2.44. The van der Waals surface area contributed by atoms with E-state index in [0.29, 0.717) is 31.9 Å². The number of amides is 2. The largest absolute Gasteiger partial charge is 0.378 e. The Kier molecular flexibility index (Phi) is 4.93. The summed E-state index contributed by atoms with van der Waals surface area (Å²) >= 11 is 0. The average Bonchev–Trinajstić information content (AvgIpc) is 3.60. The molecule has 2 fully saturated rings. The number of morpholine rings is 1. The van der Waals surface area contributed by atoms with Gasteiger partial charge in [0.2, 0.25) is 5.91 Å². The number of nitrogens with zero attached hydrogens (tertiary/aromatic N) is 2. The summed E-state index contributed by atoms with van der Waals surface area (Å²) in [7, 11) is 0. The minimum atomic E-state index is -0.0288. The third-order valence-corrected chi connectivity index (χ3v) is 5.92. The number of ether oxygens (including phenoxy) is 1. The molecular formula is C24H23N3O3. The van der Waals surface area contributed by atoms with Crippen LogP contribution < -0.4 is 5.32 Å². The van der Waals surface area contributed by atoms with Gasteiger partial charge in [-0.2, -0.15) is 0 Å². The van der Waals surface area contributed by atoms with Crippen molar-refractivity contribution in [3.8, 4) is 0 Å². The fourth-order valence-electron chi connectivity index (χ4n) is 4.07. The van der Waals surface area contributed by atoms with Gasteiger partial charge >= 0.3 is 0 Å². The van der Waals surface area contributed by atoms with Crippen molar-refractivity contribution < 1.29 is 14.3 Å². The second kappa shape index (κ2) is 7.88. The van der Waals surface area contributed by atoms with Crippen molar-refractivity contribution in [2.75, 3.05) is 31.6 Å². The molecule has 1 saturated heterocycles. The number of nitrogens with one attached hydrogen (secondary N) is 1. The first-order valence-corrected chi connectivity index (χ1v) is 10.3. The van der Waals surface area contributed by atoms with E-state index in [9.17, 15) is 9.59 Å². The molecule has 152 valence electrons. The third-order valence-electron chi connectivity index (χ3n) is 5.92. The molecule has 1 N–H and O–H groups in total. The molecule has 1 saturated carbocycles. The van der Waals surface area contributed by atoms with Crippen LogP contribution in [-0.2, 0) is 9.53 Å². The number of fused-ring (bicyclic) bond motifs is 1. The SMILES string of the molecule is O=C(Nc1ccc2cnccc2c1)[C@@H]1C[C@H]1c1ccc(C(=O)N2CCOCC2)cc1. The zero-order chi connectivity index (χ0) is 20.5. The maximum absolute atomic E-state index is 12.7. The Hall–Kier alpha value is -3.25. The number of pyridine rings is 1. The average molecular weight is 401 g/mol. The normalized spacial score (nSPS) is 20.7. The van der Waals surface area contributed by atoms with Gasteiger partial charge in [0, 0.05) is 48.0 Å². The third kappa shape index (κ3) is 3.78. The van der Waals surface area contributed by atoms with E-state index in [-0.39, 0.29) is 23.7 Å². The predicted molar refractivity (Wildman–Crippen MR) is 114 cm³/mol. The summed E-state index contributed by atoms with van der Waals surface area (Å²) in [5.74, 6) is 0.268. The van der Waals surface area contributed by atoms with Crippen LogP contribution in [0.3, 0.4) is 0 Å². The lowest BCUT2D eigenvalue weighted by atomic mass is 10.1. The van der Waals surface area contributed by atoms with Crippen LogP contribution in [-0.4, -0.2) is 48.0 Å². The van der Waals surface area contributed by atoms with E-state index < -0.39 is 0 Å². The van der Waals surface area contributed by atoms with E-state index in [1.165, 1.54) is 0 Å². The Balaban J connectivity index is 1.21. The maximum Gasteiger partial charge on any atom is 0.254 e. The van der Waals surface area contributed by atoms with Gasteiger partial charge in [-0.15, -0.1) is 0 Å². The first kappa shape index (κ1) is 18.8. The van der Waals surface area contributed by atoms with Crippen molar-refractivity contribution in [1.29, 1.82) is 0 Å². The van der Waals surface area contributed by atoms with Gasteiger partial charge in [-0.25, -0.2) is 0 Å². The highest BCUT2D eigenvalue weighted by atomic mass is 16.5. The van der Waals surface area contributed by atoms with Crippen molar-refractivity contribution in [2.24, 2.45) is 5.92 Å². The van der Waals surface area contributed by atoms with Crippen LogP contribution in [0.25, 0.3) is 10.8 Å². The number of carbonyl (C=O) groups excluding carboxylic acids is 2. The molecule has 3 aromatic rings. The van der Waals surface area contributed by atoms with Crippen LogP contribution in [0.1, 0.15) is 28.3 Å². The number of aromatic nitrogens is 1. The smallest absolute Gasteiger partial charge is 0.254 e. The van der Waals surface area contributed by atoms with E-state index >= 15 is 0 Å². The van der Waals surface area contributed by atoms with Gasteiger partial charge in [-0.05, 0) is 53.6 Å². The van der Waals surface area contributed by atoms with Crippen molar-refractivity contribution in [3.05, 3.63) is 72.1 Å². The van der Waals surface area contributed by atoms with Gasteiger partial charge in [0.15, 0.2) is 0 Å². The Morgan fingerprint density at radius 1 is 1.00 bits per heavy atom. The lowest BCUT2D eigenvalue weighted by molar-refractivity contribution is -0.117. The number of rotatable bonds is 4. The molecule has 1 aliphatic heterocycles. The van der Waals surface area contributed by atoms with Gasteiger partial charge in [0.25, 0.3) is 5.91 Å². The van der Waals surface area contributed by atoms with E-state index in [1.54, 1.807) is 6.20 Å². The number of hydrogen-bond donors (Lipinski definition) is 1. The van der Waals surface area contributed by atoms with E-state index in [2.05, 4.69) is 10.3 Å². The molecular weight excluding hydrogens is 378 g/mol. The molecule has 0 unspecified atom stereocenters. The first-order valence-electron chi connectivity index (χ1n) is 10.3. The Morgan fingerprint density at radius 3 is 2.60 bits per heavy atom. The topological polar surface area (TPSA) is 71.5 Å². The maximum atomic E-state index is 12.7. The Bertz CT molecular complexity index is 1090. The first-order chi connectivity index (χ1) is 14.7. The molecule has 6 heteroatoms. The molecule has 1 aromatic heterocycles. The van der Waals surface area contributed by atoms with Gasteiger partial charge in [-0.1, -0.05) is 18.2 Å². The molecule has 1 aliphatic carbocycles. The van der Waals surface area contributed by atoms with Crippen molar-refractivity contribution >= 4 is 28.3 Å². The Morgan fingerprint density at radius 2 is 1.80 bits per heavy atom. The van der Waals surface area contributed by atoms with Gasteiger partial charge < -0.3 is 15.0 Å². The molecule has 5 rings (SSSR count). The molecule has 0 spiro atoms. The molecule has 2 aliphatic rings. The minimum absolute atomic E-state index is 0.0288. The molecule has 2 amide bonds. The molecule has 30 heavy (non-hydrogen) atoms. The lowest BCUT2D eigenvalue weighted by Crippen LogP contribution is -2.40. The quantitative estimate of drug-likeness (QED) is 0.727. The molecule has 6 nitrogen and oxygen atoms in total. The van der Waals surface area contributed by atoms with Gasteiger partial charge in [-0.3, -0.25) is 14.6 Å². The number of benzene rings is 2. The summed E-state index contributed by atoms with van der Waals surface area (Å²) in [6.07, 6.45) is 4.39. The molecule has 0 radical (unpaired) electrons. The Labute approximate surface area is 174 Å². The standard InChI is InChI=1S/C24H23N3O3/c28-23(26-20-6-5-19-15-25-8-7-18(19)13-20)22-14-21(22)16-1-3-17(4-2-16)24(29)27-9-11-30-12-10-27/h1-8,13,15,21-22H,9-12,14H2,(H,26,28)/t21-,22+/m0/s1. The van der Waals surface area contributed by atoms with Gasteiger partial charge in [0.1, 0.15) is 0 Å². The predicted octanol–water partition coefficient (Wildman–Crippen LogP) is 3.45. The molecule has 2 heterocycles.